The van der Waals surface area contributed by atoms with Crippen LogP contribution in [-0.4, -0.2) is 34.4 Å². The Morgan fingerprint density at radius 2 is 2.10 bits per heavy atom. The summed E-state index contributed by atoms with van der Waals surface area (Å²) in [5.41, 5.74) is 1.11. The zero-order valence-corrected chi connectivity index (χ0v) is 13.8. The fourth-order valence-corrected chi connectivity index (χ4v) is 2.80. The van der Waals surface area contributed by atoms with Gasteiger partial charge >= 0.3 is 0 Å². The van der Waals surface area contributed by atoms with Crippen LogP contribution in [0.2, 0.25) is 0 Å². The first-order valence-electron chi connectivity index (χ1n) is 7.05. The molecule has 2 aromatic heterocycles. The predicted molar refractivity (Wildman–Crippen MR) is 85.8 cm³/mol. The summed E-state index contributed by atoms with van der Waals surface area (Å²) in [4.78, 5) is 4.06. The van der Waals surface area contributed by atoms with Gasteiger partial charge in [-0.25, -0.2) is 0 Å². The molecule has 0 amide bonds. The minimum absolute atomic E-state index is 0.163. The second-order valence-electron chi connectivity index (χ2n) is 5.86. The van der Waals surface area contributed by atoms with Crippen LogP contribution in [-0.2, 0) is 6.42 Å². The molecule has 5 nitrogen and oxygen atoms in total. The lowest BCUT2D eigenvalue weighted by molar-refractivity contribution is 0.414. The topological polar surface area (TPSA) is 59.9 Å². The zero-order chi connectivity index (χ0) is 15.3. The van der Waals surface area contributed by atoms with Crippen molar-refractivity contribution in [1.29, 1.82) is 0 Å². The van der Waals surface area contributed by atoms with Crippen LogP contribution in [0.1, 0.15) is 32.2 Å². The molecule has 0 saturated heterocycles. The minimum atomic E-state index is 0.163. The molecule has 0 aliphatic rings. The third kappa shape index (κ3) is 4.75. The van der Waals surface area contributed by atoms with Crippen molar-refractivity contribution in [2.45, 2.75) is 39.2 Å². The number of aromatic nitrogens is 3. The molecule has 0 aliphatic heterocycles. The summed E-state index contributed by atoms with van der Waals surface area (Å²) in [6, 6.07) is 1.91. The summed E-state index contributed by atoms with van der Waals surface area (Å²) >= 11 is 1.62. The Hall–Kier alpha value is -1.53. The van der Waals surface area contributed by atoms with Crippen LogP contribution in [0.15, 0.2) is 18.5 Å². The number of nitrogens with zero attached hydrogens (tertiary/aromatic N) is 3. The van der Waals surface area contributed by atoms with E-state index >= 15 is 0 Å². The van der Waals surface area contributed by atoms with E-state index in [9.17, 15) is 0 Å². The molecule has 1 N–H and O–H groups in total. The molecule has 2 rings (SSSR count). The maximum absolute atomic E-state index is 5.31. The van der Waals surface area contributed by atoms with Crippen molar-refractivity contribution in [3.8, 4) is 16.3 Å². The lowest BCUT2D eigenvalue weighted by Gasteiger charge is -2.20. The molecule has 0 bridgehead atoms. The number of rotatable bonds is 6. The number of hydrogen-bond donors (Lipinski definition) is 1. The van der Waals surface area contributed by atoms with Gasteiger partial charge in [-0.05, 0) is 39.8 Å². The van der Waals surface area contributed by atoms with Gasteiger partial charge in [0.15, 0.2) is 5.01 Å². The SMILES string of the molecule is COc1cnccc1-c1nnc(CCCNC(C)(C)C)s1. The van der Waals surface area contributed by atoms with E-state index in [4.69, 9.17) is 4.74 Å². The number of ether oxygens (including phenoxy) is 1. The van der Waals surface area contributed by atoms with Gasteiger partial charge in [-0.1, -0.05) is 11.3 Å². The molecule has 0 unspecified atom stereocenters. The largest absolute Gasteiger partial charge is 0.494 e. The fourth-order valence-electron chi connectivity index (χ4n) is 1.89. The predicted octanol–water partition coefficient (Wildman–Crippen LogP) is 2.93. The number of aryl methyl sites for hydroxylation is 1. The highest BCUT2D eigenvalue weighted by atomic mass is 32.1. The number of hydrogen-bond acceptors (Lipinski definition) is 6. The van der Waals surface area contributed by atoms with E-state index in [-0.39, 0.29) is 5.54 Å². The minimum Gasteiger partial charge on any atom is -0.494 e. The first-order valence-corrected chi connectivity index (χ1v) is 7.87. The Balaban J connectivity index is 1.95. The summed E-state index contributed by atoms with van der Waals surface area (Å²) in [6.45, 7) is 7.50. The van der Waals surface area contributed by atoms with Gasteiger partial charge < -0.3 is 10.1 Å². The highest BCUT2D eigenvalue weighted by Gasteiger charge is 2.12. The van der Waals surface area contributed by atoms with Gasteiger partial charge in [-0.3, -0.25) is 4.98 Å². The van der Waals surface area contributed by atoms with Crippen molar-refractivity contribution in [1.82, 2.24) is 20.5 Å². The second kappa shape index (κ2) is 6.95. The molecular weight excluding hydrogens is 284 g/mol. The Labute approximate surface area is 129 Å². The van der Waals surface area contributed by atoms with Crippen LogP contribution in [0.3, 0.4) is 0 Å². The van der Waals surface area contributed by atoms with E-state index < -0.39 is 0 Å². The van der Waals surface area contributed by atoms with Crippen LogP contribution in [0.25, 0.3) is 10.6 Å². The highest BCUT2D eigenvalue weighted by Crippen LogP contribution is 2.31. The van der Waals surface area contributed by atoms with E-state index in [0.717, 1.165) is 40.7 Å². The summed E-state index contributed by atoms with van der Waals surface area (Å²) < 4.78 is 5.31. The summed E-state index contributed by atoms with van der Waals surface area (Å²) in [6.07, 6.45) is 5.43. The standard InChI is InChI=1S/C15H22N4OS/c1-15(2,3)17-8-5-6-13-18-19-14(21-13)11-7-9-16-10-12(11)20-4/h7,9-10,17H,5-6,8H2,1-4H3. The zero-order valence-electron chi connectivity index (χ0n) is 13.0. The molecule has 0 spiro atoms. The molecule has 0 fully saturated rings. The summed E-state index contributed by atoms with van der Waals surface area (Å²) in [5, 5.41) is 13.9. The quantitative estimate of drug-likeness (QED) is 0.832. The molecule has 0 saturated carbocycles. The average molecular weight is 306 g/mol. The average Bonchev–Trinajstić information content (AvgIpc) is 2.91. The second-order valence-corrected chi connectivity index (χ2v) is 6.92. The maximum atomic E-state index is 5.31. The van der Waals surface area contributed by atoms with Crippen molar-refractivity contribution in [2.24, 2.45) is 0 Å². The molecule has 0 atom stereocenters. The van der Waals surface area contributed by atoms with Gasteiger partial charge in [0.1, 0.15) is 10.8 Å². The first kappa shape index (κ1) is 15.9. The molecule has 0 aliphatic carbocycles. The van der Waals surface area contributed by atoms with Crippen molar-refractivity contribution in [3.63, 3.8) is 0 Å². The molecule has 6 heteroatoms. The van der Waals surface area contributed by atoms with Crippen LogP contribution in [0.4, 0.5) is 0 Å². The van der Waals surface area contributed by atoms with E-state index in [2.05, 4.69) is 41.3 Å². The van der Waals surface area contributed by atoms with Crippen LogP contribution in [0, 0.1) is 0 Å². The Morgan fingerprint density at radius 1 is 1.29 bits per heavy atom. The lowest BCUT2D eigenvalue weighted by atomic mass is 10.1. The van der Waals surface area contributed by atoms with Crippen LogP contribution in [0.5, 0.6) is 5.75 Å². The molecule has 2 heterocycles. The number of nitrogens with one attached hydrogen (secondary N) is 1. The van der Waals surface area contributed by atoms with Gasteiger partial charge in [-0.15, -0.1) is 10.2 Å². The van der Waals surface area contributed by atoms with Crippen molar-refractivity contribution in [2.75, 3.05) is 13.7 Å². The van der Waals surface area contributed by atoms with Gasteiger partial charge in [-0.2, -0.15) is 0 Å². The van der Waals surface area contributed by atoms with E-state index in [1.807, 2.05) is 6.07 Å². The maximum Gasteiger partial charge on any atom is 0.151 e. The monoisotopic (exact) mass is 306 g/mol. The van der Waals surface area contributed by atoms with Gasteiger partial charge in [0.05, 0.1) is 18.9 Å². The van der Waals surface area contributed by atoms with Crippen LogP contribution >= 0.6 is 11.3 Å². The number of methoxy groups -OCH3 is 1. The highest BCUT2D eigenvalue weighted by molar-refractivity contribution is 7.14. The molecular formula is C15H22N4OS. The lowest BCUT2D eigenvalue weighted by Crippen LogP contribution is -2.36. The van der Waals surface area contributed by atoms with Gasteiger partial charge in [0.25, 0.3) is 0 Å². The van der Waals surface area contributed by atoms with Gasteiger partial charge in [0.2, 0.25) is 0 Å². The van der Waals surface area contributed by atoms with E-state index in [0.29, 0.717) is 0 Å². The summed E-state index contributed by atoms with van der Waals surface area (Å²) in [7, 11) is 1.64. The van der Waals surface area contributed by atoms with E-state index in [1.54, 1.807) is 30.8 Å². The molecule has 0 radical (unpaired) electrons. The first-order chi connectivity index (χ1) is 9.99. The number of pyridine rings is 1. The Morgan fingerprint density at radius 3 is 2.81 bits per heavy atom. The molecule has 21 heavy (non-hydrogen) atoms. The van der Waals surface area contributed by atoms with Crippen LogP contribution < -0.4 is 10.1 Å². The third-order valence-electron chi connectivity index (χ3n) is 2.92. The summed E-state index contributed by atoms with van der Waals surface area (Å²) in [5.74, 6) is 0.731. The third-order valence-corrected chi connectivity index (χ3v) is 3.94. The Kier molecular flexibility index (Phi) is 5.25. The molecule has 2 aromatic rings. The van der Waals surface area contributed by atoms with Gasteiger partial charge in [0, 0.05) is 18.2 Å². The van der Waals surface area contributed by atoms with Crippen molar-refractivity contribution < 1.29 is 4.74 Å². The van der Waals surface area contributed by atoms with Crippen molar-refractivity contribution >= 4 is 11.3 Å². The molecule has 0 aromatic carbocycles. The fraction of sp³-hybridized carbons (Fsp3) is 0.533. The van der Waals surface area contributed by atoms with E-state index in [1.165, 1.54) is 0 Å². The smallest absolute Gasteiger partial charge is 0.151 e. The normalized spacial score (nSPS) is 11.6. The Bertz CT molecular complexity index is 577. The van der Waals surface area contributed by atoms with Crippen molar-refractivity contribution in [3.05, 3.63) is 23.5 Å². The molecule has 114 valence electrons.